The van der Waals surface area contributed by atoms with Crippen LogP contribution in [0, 0.1) is 6.92 Å². The normalized spacial score (nSPS) is 12.2. The summed E-state index contributed by atoms with van der Waals surface area (Å²) in [4.78, 5) is 16.6. The van der Waals surface area contributed by atoms with E-state index in [0.29, 0.717) is 12.6 Å². The number of nitrogens with one attached hydrogen (secondary N) is 1. The lowest BCUT2D eigenvalue weighted by molar-refractivity contribution is 0.291. The minimum absolute atomic E-state index is 0.00816. The van der Waals surface area contributed by atoms with Crippen LogP contribution < -0.4 is 10.1 Å². The molecule has 0 aliphatic rings. The molecule has 1 atom stereocenters. The quantitative estimate of drug-likeness (QED) is 0.882. The average molecular weight is 314 g/mol. The number of aryl methyl sites for hydroxylation is 1. The van der Waals surface area contributed by atoms with Gasteiger partial charge in [-0.05, 0) is 31.9 Å². The fourth-order valence-electron chi connectivity index (χ4n) is 1.48. The molecule has 2 heterocycles. The first kappa shape index (κ1) is 14.9. The number of hydrogen-bond acceptors (Lipinski definition) is 7. The van der Waals surface area contributed by atoms with Crippen LogP contribution in [0.25, 0.3) is 0 Å². The van der Waals surface area contributed by atoms with E-state index in [9.17, 15) is 0 Å². The van der Waals surface area contributed by atoms with Crippen molar-refractivity contribution in [3.05, 3.63) is 21.4 Å². The van der Waals surface area contributed by atoms with Gasteiger partial charge >= 0.3 is 6.01 Å². The van der Waals surface area contributed by atoms with E-state index in [-0.39, 0.29) is 17.3 Å². The Morgan fingerprint density at radius 1 is 1.35 bits per heavy atom. The van der Waals surface area contributed by atoms with Crippen molar-refractivity contribution in [2.75, 3.05) is 11.9 Å². The molecule has 2 aromatic heterocycles. The van der Waals surface area contributed by atoms with Crippen molar-refractivity contribution in [2.45, 2.75) is 33.2 Å². The van der Waals surface area contributed by atoms with E-state index in [2.05, 4.69) is 25.3 Å². The Balaban J connectivity index is 2.10. The highest BCUT2D eigenvalue weighted by atomic mass is 35.5. The molecular weight excluding hydrogens is 298 g/mol. The Labute approximate surface area is 126 Å². The predicted octanol–water partition coefficient (Wildman–Crippen LogP) is 3.25. The second-order valence-electron chi connectivity index (χ2n) is 4.25. The van der Waals surface area contributed by atoms with Gasteiger partial charge in [0.25, 0.3) is 0 Å². The number of nitrogens with zero attached hydrogens (tertiary/aromatic N) is 4. The van der Waals surface area contributed by atoms with E-state index in [1.807, 2.05) is 26.2 Å². The molecule has 20 heavy (non-hydrogen) atoms. The standard InChI is InChI=1S/C12H16ClN5OS/c1-4-5-19-12-17-10(13)16-11(18-12)15-8(3)9-14-7(2)6-20-9/h6,8H,4-5H2,1-3H3,(H,15,16,17,18). The number of rotatable bonds is 6. The van der Waals surface area contributed by atoms with E-state index in [0.717, 1.165) is 17.1 Å². The largest absolute Gasteiger partial charge is 0.463 e. The Morgan fingerprint density at radius 2 is 2.15 bits per heavy atom. The third-order valence-corrected chi connectivity index (χ3v) is 3.69. The Hall–Kier alpha value is -1.47. The average Bonchev–Trinajstić information content (AvgIpc) is 2.82. The maximum atomic E-state index is 5.87. The van der Waals surface area contributed by atoms with Crippen LogP contribution >= 0.6 is 22.9 Å². The van der Waals surface area contributed by atoms with Gasteiger partial charge in [-0.3, -0.25) is 0 Å². The smallest absolute Gasteiger partial charge is 0.322 e. The van der Waals surface area contributed by atoms with Gasteiger partial charge in [0.1, 0.15) is 5.01 Å². The fourth-order valence-corrected chi connectivity index (χ4v) is 2.44. The van der Waals surface area contributed by atoms with Crippen LogP contribution in [0.1, 0.15) is 37.0 Å². The van der Waals surface area contributed by atoms with Crippen molar-refractivity contribution < 1.29 is 4.74 Å². The van der Waals surface area contributed by atoms with Crippen molar-refractivity contribution in [3.8, 4) is 6.01 Å². The molecule has 0 fully saturated rings. The molecule has 0 radical (unpaired) electrons. The number of thiazole rings is 1. The topological polar surface area (TPSA) is 72.8 Å². The molecule has 1 unspecified atom stereocenters. The molecule has 2 aromatic rings. The first-order valence-corrected chi connectivity index (χ1v) is 7.57. The lowest BCUT2D eigenvalue weighted by atomic mass is 10.3. The van der Waals surface area contributed by atoms with Gasteiger partial charge in [-0.15, -0.1) is 11.3 Å². The SMILES string of the molecule is CCCOc1nc(Cl)nc(NC(C)c2nc(C)cs2)n1. The van der Waals surface area contributed by atoms with Gasteiger partial charge in [-0.25, -0.2) is 4.98 Å². The molecule has 0 spiro atoms. The minimum atomic E-state index is -0.00816. The molecule has 0 saturated heterocycles. The summed E-state index contributed by atoms with van der Waals surface area (Å²) in [6, 6.07) is 0.225. The molecule has 1 N–H and O–H groups in total. The van der Waals surface area contributed by atoms with Crippen LogP contribution in [0.4, 0.5) is 5.95 Å². The van der Waals surface area contributed by atoms with Gasteiger partial charge < -0.3 is 10.1 Å². The Morgan fingerprint density at radius 3 is 2.80 bits per heavy atom. The van der Waals surface area contributed by atoms with Crippen LogP contribution in [0.15, 0.2) is 5.38 Å². The van der Waals surface area contributed by atoms with Crippen LogP contribution in [0.2, 0.25) is 5.28 Å². The number of anilines is 1. The van der Waals surface area contributed by atoms with E-state index in [4.69, 9.17) is 16.3 Å². The third kappa shape index (κ3) is 4.01. The van der Waals surface area contributed by atoms with Crippen LogP contribution in [-0.2, 0) is 0 Å². The van der Waals surface area contributed by atoms with Crippen molar-refractivity contribution in [3.63, 3.8) is 0 Å². The molecule has 6 nitrogen and oxygen atoms in total. The van der Waals surface area contributed by atoms with Gasteiger partial charge in [0.15, 0.2) is 0 Å². The van der Waals surface area contributed by atoms with Crippen molar-refractivity contribution in [2.24, 2.45) is 0 Å². The predicted molar refractivity (Wildman–Crippen MR) is 79.5 cm³/mol. The summed E-state index contributed by atoms with van der Waals surface area (Å²) in [5.41, 5.74) is 0.999. The second-order valence-corrected chi connectivity index (χ2v) is 5.48. The zero-order valence-electron chi connectivity index (χ0n) is 11.6. The molecule has 0 saturated carbocycles. The molecule has 0 aliphatic carbocycles. The molecule has 108 valence electrons. The summed E-state index contributed by atoms with van der Waals surface area (Å²) >= 11 is 7.46. The lowest BCUT2D eigenvalue weighted by Crippen LogP contribution is -2.11. The van der Waals surface area contributed by atoms with E-state index in [1.54, 1.807) is 11.3 Å². The summed E-state index contributed by atoms with van der Waals surface area (Å²) in [6.45, 7) is 6.50. The first-order chi connectivity index (χ1) is 9.58. The maximum Gasteiger partial charge on any atom is 0.322 e. The molecule has 0 aromatic carbocycles. The zero-order chi connectivity index (χ0) is 14.5. The summed E-state index contributed by atoms with van der Waals surface area (Å²) in [7, 11) is 0. The summed E-state index contributed by atoms with van der Waals surface area (Å²) in [6.07, 6.45) is 0.876. The maximum absolute atomic E-state index is 5.87. The van der Waals surface area contributed by atoms with Gasteiger partial charge in [0.05, 0.1) is 12.6 Å². The number of halogens is 1. The highest BCUT2D eigenvalue weighted by Gasteiger charge is 2.13. The lowest BCUT2D eigenvalue weighted by Gasteiger charge is -2.11. The number of aromatic nitrogens is 4. The van der Waals surface area contributed by atoms with Gasteiger partial charge in [0, 0.05) is 11.1 Å². The summed E-state index contributed by atoms with van der Waals surface area (Å²) in [5, 5.41) is 6.23. The van der Waals surface area contributed by atoms with Crippen molar-refractivity contribution in [1.82, 2.24) is 19.9 Å². The van der Waals surface area contributed by atoms with Crippen LogP contribution in [-0.4, -0.2) is 26.5 Å². The third-order valence-electron chi connectivity index (χ3n) is 2.38. The van der Waals surface area contributed by atoms with Gasteiger partial charge in [-0.1, -0.05) is 6.92 Å². The zero-order valence-corrected chi connectivity index (χ0v) is 13.1. The van der Waals surface area contributed by atoms with Crippen LogP contribution in [0.5, 0.6) is 6.01 Å². The van der Waals surface area contributed by atoms with Gasteiger partial charge in [0.2, 0.25) is 11.2 Å². The molecule has 0 bridgehead atoms. The Bertz CT molecular complexity index is 577. The fraction of sp³-hybridized carbons (Fsp3) is 0.500. The Kier molecular flexibility index (Phi) is 5.08. The van der Waals surface area contributed by atoms with E-state index >= 15 is 0 Å². The van der Waals surface area contributed by atoms with E-state index < -0.39 is 0 Å². The summed E-state index contributed by atoms with van der Waals surface area (Å²) in [5.74, 6) is 0.386. The van der Waals surface area contributed by atoms with Crippen LogP contribution in [0.3, 0.4) is 0 Å². The number of ether oxygens (including phenoxy) is 1. The molecule has 2 rings (SSSR count). The minimum Gasteiger partial charge on any atom is -0.463 e. The van der Waals surface area contributed by atoms with Crippen molar-refractivity contribution in [1.29, 1.82) is 0 Å². The monoisotopic (exact) mass is 313 g/mol. The highest BCUT2D eigenvalue weighted by molar-refractivity contribution is 7.09. The summed E-state index contributed by atoms with van der Waals surface area (Å²) < 4.78 is 5.37. The van der Waals surface area contributed by atoms with Crippen molar-refractivity contribution >= 4 is 28.9 Å². The molecule has 0 amide bonds. The highest BCUT2D eigenvalue weighted by Crippen LogP contribution is 2.21. The molecular formula is C12H16ClN5OS. The first-order valence-electron chi connectivity index (χ1n) is 6.31. The second kappa shape index (κ2) is 6.81. The molecule has 8 heteroatoms. The van der Waals surface area contributed by atoms with E-state index in [1.165, 1.54) is 0 Å². The van der Waals surface area contributed by atoms with Gasteiger partial charge in [-0.2, -0.15) is 15.0 Å². The molecule has 0 aliphatic heterocycles. The number of hydrogen-bond donors (Lipinski definition) is 1.